The molecule has 6 aromatic heterocycles. The van der Waals surface area contributed by atoms with Crippen LogP contribution in [-0.2, 0) is 0 Å². The van der Waals surface area contributed by atoms with Crippen molar-refractivity contribution >= 4 is 75.3 Å². The second-order valence-corrected chi connectivity index (χ2v) is 17.0. The van der Waals surface area contributed by atoms with Gasteiger partial charge in [0, 0.05) is 55.2 Å². The lowest BCUT2D eigenvalue weighted by Gasteiger charge is -2.13. The minimum Gasteiger partial charge on any atom is -0.294 e. The molecule has 6 nitrogen and oxygen atoms in total. The molecule has 0 amide bonds. The standard InChI is InChI=1S/C56H34N6S/c1-3-12-35(13-4-1)40-32-47(36-14-5-2-6-15-36)59-54(34-40)61-48-18-9-8-17-42(48)44-30-37(22-25-50(44)61)38-21-24-43-41-16-7-10-19-49(41)62(51(43)33-38)56-58-29-27-46(60-56)39-23-26-52-45(31-39)55-53(63-52)20-11-28-57-55/h1-34H. The van der Waals surface area contributed by atoms with Gasteiger partial charge in [-0.2, -0.15) is 0 Å². The van der Waals surface area contributed by atoms with E-state index in [2.05, 4.69) is 185 Å². The number of pyridine rings is 2. The molecule has 0 bridgehead atoms. The van der Waals surface area contributed by atoms with E-state index in [9.17, 15) is 0 Å². The van der Waals surface area contributed by atoms with Crippen LogP contribution in [0, 0.1) is 0 Å². The Hall–Kier alpha value is -8.26. The highest BCUT2D eigenvalue weighted by Gasteiger charge is 2.19. The van der Waals surface area contributed by atoms with Crippen molar-refractivity contribution in [1.29, 1.82) is 0 Å². The molecule has 6 heterocycles. The molecular weight excluding hydrogens is 789 g/mol. The molecule has 0 atom stereocenters. The fourth-order valence-corrected chi connectivity index (χ4v) is 10.4. The van der Waals surface area contributed by atoms with E-state index in [4.69, 9.17) is 19.9 Å². The third-order valence-corrected chi connectivity index (χ3v) is 13.4. The maximum atomic E-state index is 5.34. The van der Waals surface area contributed by atoms with E-state index in [1.165, 1.54) is 20.2 Å². The Labute approximate surface area is 365 Å². The zero-order valence-corrected chi connectivity index (χ0v) is 34.5. The van der Waals surface area contributed by atoms with Crippen LogP contribution in [0.5, 0.6) is 0 Å². The van der Waals surface area contributed by atoms with Crippen LogP contribution in [0.1, 0.15) is 0 Å². The third kappa shape index (κ3) is 5.78. The van der Waals surface area contributed by atoms with Gasteiger partial charge < -0.3 is 0 Å². The van der Waals surface area contributed by atoms with Crippen molar-refractivity contribution in [3.05, 3.63) is 207 Å². The first-order valence-electron chi connectivity index (χ1n) is 21.0. The number of para-hydroxylation sites is 2. The average molecular weight is 823 g/mol. The third-order valence-electron chi connectivity index (χ3n) is 12.3. The van der Waals surface area contributed by atoms with Gasteiger partial charge in [-0.15, -0.1) is 11.3 Å². The summed E-state index contributed by atoms with van der Waals surface area (Å²) in [5.74, 6) is 1.51. The van der Waals surface area contributed by atoms with E-state index < -0.39 is 0 Å². The maximum absolute atomic E-state index is 5.34. The van der Waals surface area contributed by atoms with Gasteiger partial charge in [-0.1, -0.05) is 121 Å². The molecule has 0 spiro atoms. The summed E-state index contributed by atoms with van der Waals surface area (Å²) in [4.78, 5) is 20.2. The molecule has 0 saturated carbocycles. The van der Waals surface area contributed by atoms with E-state index >= 15 is 0 Å². The molecule has 0 aliphatic heterocycles. The molecular formula is C56H34N6S. The number of hydrogen-bond acceptors (Lipinski definition) is 5. The molecule has 7 aromatic carbocycles. The van der Waals surface area contributed by atoms with Gasteiger partial charge in [-0.25, -0.2) is 15.0 Å². The van der Waals surface area contributed by atoms with E-state index in [0.29, 0.717) is 5.95 Å². The number of hydrogen-bond donors (Lipinski definition) is 0. The Morgan fingerprint density at radius 3 is 1.84 bits per heavy atom. The van der Waals surface area contributed by atoms with Crippen molar-refractivity contribution in [2.45, 2.75) is 0 Å². The van der Waals surface area contributed by atoms with E-state index in [0.717, 1.165) is 94.3 Å². The molecule has 0 saturated heterocycles. The van der Waals surface area contributed by atoms with Gasteiger partial charge in [0.15, 0.2) is 0 Å². The normalized spacial score (nSPS) is 11.8. The van der Waals surface area contributed by atoms with Crippen LogP contribution >= 0.6 is 11.3 Å². The molecule has 13 rings (SSSR count). The molecule has 0 unspecified atom stereocenters. The minimum absolute atomic E-state index is 0.628. The summed E-state index contributed by atoms with van der Waals surface area (Å²) in [7, 11) is 0. The van der Waals surface area contributed by atoms with Gasteiger partial charge in [0.25, 0.3) is 0 Å². The molecule has 0 aliphatic carbocycles. The summed E-state index contributed by atoms with van der Waals surface area (Å²) in [6.45, 7) is 0. The monoisotopic (exact) mass is 822 g/mol. The molecule has 0 aliphatic rings. The number of nitrogens with zero attached hydrogens (tertiary/aromatic N) is 6. The Morgan fingerprint density at radius 2 is 1.00 bits per heavy atom. The number of benzene rings is 7. The summed E-state index contributed by atoms with van der Waals surface area (Å²) in [5.41, 5.74) is 13.7. The van der Waals surface area contributed by atoms with Crippen molar-refractivity contribution in [3.63, 3.8) is 0 Å². The van der Waals surface area contributed by atoms with Crippen LogP contribution < -0.4 is 0 Å². The quantitative estimate of drug-likeness (QED) is 0.168. The molecule has 7 heteroatoms. The van der Waals surface area contributed by atoms with Crippen molar-refractivity contribution in [1.82, 2.24) is 29.1 Å². The molecule has 0 fully saturated rings. The Kier molecular flexibility index (Phi) is 7.98. The SMILES string of the molecule is c1ccc(-c2cc(-c3ccccc3)nc(-n3c4ccccc4c4cc(-c5ccc6c7ccccc7n(-c7nccc(-c8ccc9sc%10cccnc%10c9c8)n7)c6c5)ccc43)c2)cc1. The van der Waals surface area contributed by atoms with Crippen LogP contribution in [0.15, 0.2) is 207 Å². The fraction of sp³-hybridized carbons (Fsp3) is 0. The summed E-state index contributed by atoms with van der Waals surface area (Å²) in [5, 5.41) is 5.79. The lowest BCUT2D eigenvalue weighted by molar-refractivity contribution is 0.992. The van der Waals surface area contributed by atoms with Crippen molar-refractivity contribution in [3.8, 4) is 56.5 Å². The summed E-state index contributed by atoms with van der Waals surface area (Å²) < 4.78 is 6.92. The van der Waals surface area contributed by atoms with Gasteiger partial charge >= 0.3 is 0 Å². The number of aromatic nitrogens is 6. The zero-order chi connectivity index (χ0) is 41.4. The molecule has 294 valence electrons. The molecule has 0 radical (unpaired) electrons. The first-order valence-corrected chi connectivity index (χ1v) is 21.8. The Balaban J connectivity index is 0.961. The van der Waals surface area contributed by atoms with Crippen LogP contribution in [0.4, 0.5) is 0 Å². The summed E-state index contributed by atoms with van der Waals surface area (Å²) in [6, 6.07) is 68.9. The fourth-order valence-electron chi connectivity index (χ4n) is 9.32. The predicted octanol–water partition coefficient (Wildman–Crippen LogP) is 14.5. The molecule has 13 aromatic rings. The lowest BCUT2D eigenvalue weighted by atomic mass is 10.0. The Morgan fingerprint density at radius 1 is 0.333 bits per heavy atom. The van der Waals surface area contributed by atoms with Crippen LogP contribution in [-0.4, -0.2) is 29.1 Å². The second kappa shape index (κ2) is 14.2. The van der Waals surface area contributed by atoms with E-state index in [-0.39, 0.29) is 0 Å². The number of thiophene rings is 1. The molecule has 63 heavy (non-hydrogen) atoms. The van der Waals surface area contributed by atoms with Crippen LogP contribution in [0.25, 0.3) is 120 Å². The van der Waals surface area contributed by atoms with Gasteiger partial charge in [-0.3, -0.25) is 14.1 Å². The topological polar surface area (TPSA) is 61.4 Å². The number of fused-ring (bicyclic) bond motifs is 9. The van der Waals surface area contributed by atoms with Crippen LogP contribution in [0.3, 0.4) is 0 Å². The van der Waals surface area contributed by atoms with Gasteiger partial charge in [0.2, 0.25) is 5.95 Å². The van der Waals surface area contributed by atoms with Crippen molar-refractivity contribution < 1.29 is 0 Å². The van der Waals surface area contributed by atoms with Gasteiger partial charge in [0.05, 0.1) is 43.7 Å². The summed E-state index contributed by atoms with van der Waals surface area (Å²) in [6.07, 6.45) is 3.73. The van der Waals surface area contributed by atoms with Crippen molar-refractivity contribution in [2.75, 3.05) is 0 Å². The maximum Gasteiger partial charge on any atom is 0.235 e. The Bertz CT molecular complexity index is 3860. The average Bonchev–Trinajstić information content (AvgIpc) is 4.01. The highest BCUT2D eigenvalue weighted by Crippen LogP contribution is 2.40. The first-order chi connectivity index (χ1) is 31.2. The highest BCUT2D eigenvalue weighted by molar-refractivity contribution is 7.25. The summed E-state index contributed by atoms with van der Waals surface area (Å²) >= 11 is 1.77. The van der Waals surface area contributed by atoms with Gasteiger partial charge in [-0.05, 0) is 95.1 Å². The largest absolute Gasteiger partial charge is 0.294 e. The van der Waals surface area contributed by atoms with E-state index in [1.54, 1.807) is 11.3 Å². The van der Waals surface area contributed by atoms with E-state index in [1.807, 2.05) is 30.6 Å². The highest BCUT2D eigenvalue weighted by atomic mass is 32.1. The lowest BCUT2D eigenvalue weighted by Crippen LogP contribution is -2.01. The zero-order valence-electron chi connectivity index (χ0n) is 33.7. The van der Waals surface area contributed by atoms with Crippen LogP contribution in [0.2, 0.25) is 0 Å². The smallest absolute Gasteiger partial charge is 0.235 e. The minimum atomic E-state index is 0.628. The number of rotatable bonds is 6. The second-order valence-electron chi connectivity index (χ2n) is 15.9. The first kappa shape index (κ1) is 35.5. The molecule has 0 N–H and O–H groups in total. The van der Waals surface area contributed by atoms with Gasteiger partial charge in [0.1, 0.15) is 5.82 Å². The van der Waals surface area contributed by atoms with Crippen molar-refractivity contribution in [2.24, 2.45) is 0 Å². The predicted molar refractivity (Wildman–Crippen MR) is 261 cm³/mol.